The number of hydrogen-bond acceptors (Lipinski definition) is 6. The van der Waals surface area contributed by atoms with E-state index in [4.69, 9.17) is 14.2 Å². The van der Waals surface area contributed by atoms with Crippen LogP contribution in [0.5, 0.6) is 11.5 Å². The third-order valence-corrected chi connectivity index (χ3v) is 6.13. The number of amides is 2. The molecule has 0 bridgehead atoms. The SMILES string of the molecule is COCCN1C[C@@H](NC(=O)Nc2cnc3cc4c(cc3c2)OCO4)[C@H](c2ccc(F)c(F)c2)C1. The predicted octanol–water partition coefficient (Wildman–Crippen LogP) is 3.48. The van der Waals surface area contributed by atoms with E-state index in [-0.39, 0.29) is 18.8 Å². The molecule has 0 saturated carbocycles. The fourth-order valence-corrected chi connectivity index (χ4v) is 4.44. The van der Waals surface area contributed by atoms with Crippen LogP contribution >= 0.6 is 0 Å². The van der Waals surface area contributed by atoms with Crippen molar-refractivity contribution in [3.63, 3.8) is 0 Å². The number of nitrogens with one attached hydrogen (secondary N) is 2. The van der Waals surface area contributed by atoms with Crippen LogP contribution in [0, 0.1) is 11.6 Å². The average molecular weight is 470 g/mol. The smallest absolute Gasteiger partial charge is 0.319 e. The quantitative estimate of drug-likeness (QED) is 0.574. The molecule has 0 spiro atoms. The molecule has 2 aliphatic rings. The molecular weight excluding hydrogens is 446 g/mol. The van der Waals surface area contributed by atoms with Gasteiger partial charge in [0.25, 0.3) is 0 Å². The summed E-state index contributed by atoms with van der Waals surface area (Å²) in [6, 6.07) is 8.58. The lowest BCUT2D eigenvalue weighted by molar-refractivity contribution is 0.159. The summed E-state index contributed by atoms with van der Waals surface area (Å²) in [5.74, 6) is -0.730. The first kappa shape index (κ1) is 22.3. The number of carbonyl (C=O) groups excluding carboxylic acids is 1. The minimum atomic E-state index is -0.904. The minimum Gasteiger partial charge on any atom is -0.454 e. The van der Waals surface area contributed by atoms with Crippen molar-refractivity contribution in [2.45, 2.75) is 12.0 Å². The van der Waals surface area contributed by atoms with Gasteiger partial charge in [0.2, 0.25) is 6.79 Å². The molecule has 34 heavy (non-hydrogen) atoms. The topological polar surface area (TPSA) is 85.0 Å². The number of hydrogen-bond donors (Lipinski definition) is 2. The highest BCUT2D eigenvalue weighted by molar-refractivity contribution is 5.93. The predicted molar refractivity (Wildman–Crippen MR) is 121 cm³/mol. The van der Waals surface area contributed by atoms with Crippen molar-refractivity contribution in [2.75, 3.05) is 45.5 Å². The van der Waals surface area contributed by atoms with Crippen LogP contribution in [-0.4, -0.2) is 62.1 Å². The number of benzene rings is 2. The van der Waals surface area contributed by atoms with Crippen molar-refractivity contribution in [2.24, 2.45) is 0 Å². The van der Waals surface area contributed by atoms with Crippen molar-refractivity contribution >= 4 is 22.6 Å². The van der Waals surface area contributed by atoms with Gasteiger partial charge in [-0.2, -0.15) is 0 Å². The molecule has 0 unspecified atom stereocenters. The highest BCUT2D eigenvalue weighted by Gasteiger charge is 2.35. The first-order valence-corrected chi connectivity index (χ1v) is 10.9. The average Bonchev–Trinajstić information content (AvgIpc) is 3.44. The third-order valence-electron chi connectivity index (χ3n) is 6.13. The Labute approximate surface area is 194 Å². The largest absolute Gasteiger partial charge is 0.454 e. The van der Waals surface area contributed by atoms with Crippen LogP contribution in [-0.2, 0) is 4.74 Å². The van der Waals surface area contributed by atoms with Crippen molar-refractivity contribution in [1.82, 2.24) is 15.2 Å². The maximum absolute atomic E-state index is 13.9. The molecular formula is C24H24F2N4O4. The Balaban J connectivity index is 1.31. The van der Waals surface area contributed by atoms with Crippen molar-refractivity contribution in [3.05, 3.63) is 59.8 Å². The Kier molecular flexibility index (Phi) is 6.16. The summed E-state index contributed by atoms with van der Waals surface area (Å²) in [6.45, 7) is 2.51. The summed E-state index contributed by atoms with van der Waals surface area (Å²) in [5.41, 5.74) is 1.87. The zero-order chi connectivity index (χ0) is 23.7. The monoisotopic (exact) mass is 470 g/mol. The van der Waals surface area contributed by atoms with Gasteiger partial charge in [-0.15, -0.1) is 0 Å². The second kappa shape index (κ2) is 9.40. The molecule has 178 valence electrons. The van der Waals surface area contributed by atoms with Crippen molar-refractivity contribution < 1.29 is 27.8 Å². The summed E-state index contributed by atoms with van der Waals surface area (Å²) in [6.07, 6.45) is 1.57. The lowest BCUT2D eigenvalue weighted by Crippen LogP contribution is -2.42. The number of nitrogens with zero attached hydrogens (tertiary/aromatic N) is 2. The van der Waals surface area contributed by atoms with E-state index in [1.165, 1.54) is 6.07 Å². The Morgan fingerprint density at radius 3 is 2.76 bits per heavy atom. The van der Waals surface area contributed by atoms with Crippen molar-refractivity contribution in [1.29, 1.82) is 0 Å². The molecule has 1 aromatic heterocycles. The Bertz CT molecular complexity index is 1230. The second-order valence-corrected chi connectivity index (χ2v) is 8.36. The summed E-state index contributed by atoms with van der Waals surface area (Å²) < 4.78 is 43.3. The van der Waals surface area contributed by atoms with Crippen LogP contribution in [0.15, 0.2) is 42.6 Å². The summed E-state index contributed by atoms with van der Waals surface area (Å²) in [5, 5.41) is 6.60. The van der Waals surface area contributed by atoms with Crippen LogP contribution in [0.25, 0.3) is 10.9 Å². The molecule has 5 rings (SSSR count). The first-order valence-electron chi connectivity index (χ1n) is 10.9. The summed E-state index contributed by atoms with van der Waals surface area (Å²) in [7, 11) is 1.62. The van der Waals surface area contributed by atoms with Gasteiger partial charge < -0.3 is 24.8 Å². The number of likely N-dealkylation sites (tertiary alicyclic amines) is 1. The zero-order valence-electron chi connectivity index (χ0n) is 18.5. The number of fused-ring (bicyclic) bond motifs is 2. The molecule has 8 nitrogen and oxygen atoms in total. The molecule has 1 saturated heterocycles. The number of halogens is 2. The van der Waals surface area contributed by atoms with Crippen LogP contribution in [0.2, 0.25) is 0 Å². The first-order chi connectivity index (χ1) is 16.5. The lowest BCUT2D eigenvalue weighted by atomic mass is 9.94. The molecule has 2 aliphatic heterocycles. The fraction of sp³-hybridized carbons (Fsp3) is 0.333. The van der Waals surface area contributed by atoms with Crippen LogP contribution in [0.4, 0.5) is 19.3 Å². The highest BCUT2D eigenvalue weighted by Crippen LogP contribution is 2.36. The van der Waals surface area contributed by atoms with E-state index in [0.29, 0.717) is 49.0 Å². The number of carbonyl (C=O) groups is 1. The van der Waals surface area contributed by atoms with Gasteiger partial charge in [0.1, 0.15) is 0 Å². The Morgan fingerprint density at radius 2 is 1.97 bits per heavy atom. The summed E-state index contributed by atoms with van der Waals surface area (Å²) >= 11 is 0. The normalized spacial score (nSPS) is 19.5. The molecule has 2 aromatic carbocycles. The molecule has 10 heteroatoms. The third kappa shape index (κ3) is 4.59. The van der Waals surface area contributed by atoms with Gasteiger partial charge >= 0.3 is 6.03 Å². The van der Waals surface area contributed by atoms with Gasteiger partial charge in [0.05, 0.1) is 30.0 Å². The Hall–Kier alpha value is -3.50. The second-order valence-electron chi connectivity index (χ2n) is 8.36. The van der Waals surface area contributed by atoms with Gasteiger partial charge in [-0.1, -0.05) is 6.07 Å². The van der Waals surface area contributed by atoms with E-state index in [2.05, 4.69) is 20.5 Å². The number of ether oxygens (including phenoxy) is 3. The molecule has 2 atom stereocenters. The van der Waals surface area contributed by atoms with Crippen LogP contribution < -0.4 is 20.1 Å². The van der Waals surface area contributed by atoms with Gasteiger partial charge in [-0.05, 0) is 29.8 Å². The molecule has 3 heterocycles. The number of urea groups is 1. The van der Waals surface area contributed by atoms with Gasteiger partial charge in [0.15, 0.2) is 23.1 Å². The maximum Gasteiger partial charge on any atom is 0.319 e. The molecule has 1 fully saturated rings. The molecule has 2 N–H and O–H groups in total. The van der Waals surface area contributed by atoms with E-state index in [9.17, 15) is 13.6 Å². The van der Waals surface area contributed by atoms with E-state index in [0.717, 1.165) is 17.0 Å². The van der Waals surface area contributed by atoms with E-state index in [1.54, 1.807) is 31.5 Å². The number of anilines is 1. The molecule has 0 radical (unpaired) electrons. The van der Waals surface area contributed by atoms with Crippen LogP contribution in [0.3, 0.4) is 0 Å². The molecule has 2 amide bonds. The number of pyridine rings is 1. The van der Waals surface area contributed by atoms with Gasteiger partial charge in [0, 0.05) is 44.1 Å². The number of aromatic nitrogens is 1. The fourth-order valence-electron chi connectivity index (χ4n) is 4.44. The van der Waals surface area contributed by atoms with Crippen molar-refractivity contribution in [3.8, 4) is 11.5 Å². The zero-order valence-corrected chi connectivity index (χ0v) is 18.5. The molecule has 3 aromatic rings. The number of rotatable bonds is 6. The maximum atomic E-state index is 13.9. The lowest BCUT2D eigenvalue weighted by Gasteiger charge is -2.21. The standard InChI is InChI=1S/C24H24F2N4O4/c1-32-5-4-30-11-17(14-2-3-18(25)19(26)7-14)21(12-30)29-24(31)28-16-6-15-8-22-23(34-13-33-22)9-20(15)27-10-16/h2-3,6-10,17,21H,4-5,11-13H2,1H3,(H2,28,29,31)/t17-,21+/m0/s1. The number of methoxy groups -OCH3 is 1. The van der Waals surface area contributed by atoms with E-state index in [1.807, 2.05) is 6.07 Å². The summed E-state index contributed by atoms with van der Waals surface area (Å²) in [4.78, 5) is 19.4. The van der Waals surface area contributed by atoms with E-state index >= 15 is 0 Å². The Morgan fingerprint density at radius 1 is 1.15 bits per heavy atom. The van der Waals surface area contributed by atoms with Gasteiger partial charge in [-0.3, -0.25) is 9.88 Å². The van der Waals surface area contributed by atoms with E-state index < -0.39 is 17.7 Å². The minimum absolute atomic E-state index is 0.168. The highest BCUT2D eigenvalue weighted by atomic mass is 19.2. The van der Waals surface area contributed by atoms with Crippen LogP contribution in [0.1, 0.15) is 11.5 Å². The van der Waals surface area contributed by atoms with Gasteiger partial charge in [-0.25, -0.2) is 13.6 Å². The molecule has 0 aliphatic carbocycles.